The number of amides is 1. The zero-order chi connectivity index (χ0) is 14.9. The van der Waals surface area contributed by atoms with Gasteiger partial charge in [-0.3, -0.25) is 4.79 Å². The molecule has 0 saturated carbocycles. The predicted molar refractivity (Wildman–Crippen MR) is 77.5 cm³/mol. The Morgan fingerprint density at radius 3 is 2.60 bits per heavy atom. The molecule has 110 valence electrons. The van der Waals surface area contributed by atoms with Crippen LogP contribution in [0, 0.1) is 0 Å². The van der Waals surface area contributed by atoms with Crippen molar-refractivity contribution in [2.45, 2.75) is 17.9 Å². The van der Waals surface area contributed by atoms with Crippen molar-refractivity contribution in [2.24, 2.45) is 0 Å². The predicted octanol–water partition coefficient (Wildman–Crippen LogP) is 0.866. The number of rotatable bonds is 2. The lowest BCUT2D eigenvalue weighted by molar-refractivity contribution is 0.0533. The highest BCUT2D eigenvalue weighted by Crippen LogP contribution is 2.16. The zero-order valence-corrected chi connectivity index (χ0v) is 12.9. The van der Waals surface area contributed by atoms with Gasteiger partial charge in [0, 0.05) is 37.5 Å². The van der Waals surface area contributed by atoms with Crippen LogP contribution < -0.4 is 0 Å². The van der Waals surface area contributed by atoms with Crippen molar-refractivity contribution in [1.82, 2.24) is 9.80 Å². The highest BCUT2D eigenvalue weighted by Gasteiger charge is 2.26. The van der Waals surface area contributed by atoms with E-state index in [2.05, 4.69) is 4.90 Å². The molecule has 6 heteroatoms. The maximum absolute atomic E-state index is 12.5. The van der Waals surface area contributed by atoms with E-state index < -0.39 is 9.84 Å². The number of likely N-dealkylation sites (N-methyl/N-ethyl adjacent to an activating group) is 1. The van der Waals surface area contributed by atoms with Gasteiger partial charge in [-0.1, -0.05) is 6.07 Å². The lowest BCUT2D eigenvalue weighted by Crippen LogP contribution is -2.52. The van der Waals surface area contributed by atoms with Crippen LogP contribution >= 0.6 is 0 Å². The molecule has 1 aromatic carbocycles. The first-order valence-electron chi connectivity index (χ1n) is 6.58. The first-order valence-corrected chi connectivity index (χ1v) is 8.48. The van der Waals surface area contributed by atoms with Crippen LogP contribution in [0.15, 0.2) is 29.2 Å². The van der Waals surface area contributed by atoms with Gasteiger partial charge in [0.2, 0.25) is 0 Å². The topological polar surface area (TPSA) is 57.7 Å². The van der Waals surface area contributed by atoms with Crippen LogP contribution in [0.5, 0.6) is 0 Å². The average Bonchev–Trinajstić information content (AvgIpc) is 2.37. The second-order valence-corrected chi connectivity index (χ2v) is 7.43. The first-order chi connectivity index (χ1) is 9.29. The third-order valence-electron chi connectivity index (χ3n) is 3.60. The molecular weight excluding hydrogens is 276 g/mol. The minimum absolute atomic E-state index is 0.101. The Morgan fingerprint density at radius 1 is 1.30 bits per heavy atom. The smallest absolute Gasteiger partial charge is 0.254 e. The Bertz CT molecular complexity index is 613. The van der Waals surface area contributed by atoms with Crippen molar-refractivity contribution in [3.63, 3.8) is 0 Å². The van der Waals surface area contributed by atoms with Crippen molar-refractivity contribution in [1.29, 1.82) is 0 Å². The second kappa shape index (κ2) is 5.54. The van der Waals surface area contributed by atoms with Crippen molar-refractivity contribution in [3.05, 3.63) is 29.8 Å². The molecule has 1 aromatic rings. The van der Waals surface area contributed by atoms with Gasteiger partial charge >= 0.3 is 0 Å². The van der Waals surface area contributed by atoms with Crippen LogP contribution in [0.2, 0.25) is 0 Å². The molecule has 0 N–H and O–H groups in total. The molecule has 0 unspecified atom stereocenters. The number of nitrogens with zero attached hydrogens (tertiary/aromatic N) is 2. The van der Waals surface area contributed by atoms with Crippen molar-refractivity contribution in [2.75, 3.05) is 32.9 Å². The molecule has 1 heterocycles. The van der Waals surface area contributed by atoms with Crippen LogP contribution in [0.4, 0.5) is 0 Å². The highest BCUT2D eigenvalue weighted by molar-refractivity contribution is 7.90. The Balaban J connectivity index is 2.26. The first kappa shape index (κ1) is 15.0. The summed E-state index contributed by atoms with van der Waals surface area (Å²) in [6.45, 7) is 4.34. The molecule has 1 atom stereocenters. The molecule has 1 saturated heterocycles. The van der Waals surface area contributed by atoms with Crippen LogP contribution in [-0.4, -0.2) is 63.1 Å². The van der Waals surface area contributed by atoms with Crippen molar-refractivity contribution < 1.29 is 13.2 Å². The molecule has 1 amide bonds. The van der Waals surface area contributed by atoms with Crippen molar-refractivity contribution >= 4 is 15.7 Å². The maximum Gasteiger partial charge on any atom is 0.254 e. The van der Waals surface area contributed by atoms with E-state index in [-0.39, 0.29) is 16.8 Å². The molecule has 2 rings (SSSR count). The summed E-state index contributed by atoms with van der Waals surface area (Å²) in [7, 11) is -1.26. The number of hydrogen-bond acceptors (Lipinski definition) is 4. The van der Waals surface area contributed by atoms with Gasteiger partial charge in [-0.05, 0) is 32.2 Å². The van der Waals surface area contributed by atoms with Gasteiger partial charge in [-0.2, -0.15) is 0 Å². The summed E-state index contributed by atoms with van der Waals surface area (Å²) < 4.78 is 23.1. The lowest BCUT2D eigenvalue weighted by atomic mass is 10.1. The maximum atomic E-state index is 12.5. The largest absolute Gasteiger partial charge is 0.333 e. The van der Waals surface area contributed by atoms with E-state index in [1.807, 2.05) is 14.0 Å². The third kappa shape index (κ3) is 3.19. The van der Waals surface area contributed by atoms with E-state index in [1.54, 1.807) is 17.0 Å². The number of carbonyl (C=O) groups is 1. The van der Waals surface area contributed by atoms with Crippen molar-refractivity contribution in [3.8, 4) is 0 Å². The average molecular weight is 296 g/mol. The fourth-order valence-electron chi connectivity index (χ4n) is 2.47. The number of hydrogen-bond donors (Lipinski definition) is 0. The highest BCUT2D eigenvalue weighted by atomic mass is 32.2. The molecule has 20 heavy (non-hydrogen) atoms. The quantitative estimate of drug-likeness (QED) is 0.812. The van der Waals surface area contributed by atoms with Gasteiger partial charge < -0.3 is 9.80 Å². The Hall–Kier alpha value is -1.40. The molecular formula is C14H20N2O3S. The van der Waals surface area contributed by atoms with Gasteiger partial charge in [0.25, 0.3) is 5.91 Å². The van der Waals surface area contributed by atoms with Gasteiger partial charge in [0.05, 0.1) is 4.90 Å². The number of carbonyl (C=O) groups excluding carboxylic acids is 1. The minimum atomic E-state index is -3.29. The molecule has 0 spiro atoms. The van der Waals surface area contributed by atoms with Gasteiger partial charge in [0.15, 0.2) is 9.84 Å². The Labute approximate surface area is 120 Å². The lowest BCUT2D eigenvalue weighted by Gasteiger charge is -2.38. The molecule has 1 aliphatic heterocycles. The van der Waals surface area contributed by atoms with Gasteiger partial charge in [0.1, 0.15) is 0 Å². The van der Waals surface area contributed by atoms with Crippen LogP contribution in [0.1, 0.15) is 17.3 Å². The SMILES string of the molecule is C[C@H]1CN(C)CCN1C(=O)c1cccc(S(C)(=O)=O)c1. The van der Waals surface area contributed by atoms with E-state index in [9.17, 15) is 13.2 Å². The number of sulfone groups is 1. The molecule has 0 aliphatic carbocycles. The van der Waals surface area contributed by atoms with E-state index in [4.69, 9.17) is 0 Å². The third-order valence-corrected chi connectivity index (χ3v) is 4.71. The minimum Gasteiger partial charge on any atom is -0.333 e. The van der Waals surface area contributed by atoms with Gasteiger partial charge in [-0.15, -0.1) is 0 Å². The van der Waals surface area contributed by atoms with Crippen LogP contribution in [0.3, 0.4) is 0 Å². The van der Waals surface area contributed by atoms with E-state index in [1.165, 1.54) is 12.1 Å². The summed E-state index contributed by atoms with van der Waals surface area (Å²) in [5.74, 6) is -0.101. The van der Waals surface area contributed by atoms with E-state index >= 15 is 0 Å². The molecule has 5 nitrogen and oxygen atoms in total. The summed E-state index contributed by atoms with van der Waals surface area (Å²) in [6.07, 6.45) is 1.15. The Kier molecular flexibility index (Phi) is 4.15. The summed E-state index contributed by atoms with van der Waals surface area (Å²) in [4.78, 5) is 16.7. The number of benzene rings is 1. The fraction of sp³-hybridized carbons (Fsp3) is 0.500. The van der Waals surface area contributed by atoms with Crippen LogP contribution in [-0.2, 0) is 9.84 Å². The zero-order valence-electron chi connectivity index (χ0n) is 12.0. The summed E-state index contributed by atoms with van der Waals surface area (Å²) >= 11 is 0. The van der Waals surface area contributed by atoms with E-state index in [0.29, 0.717) is 12.1 Å². The number of piperazine rings is 1. The summed E-state index contributed by atoms with van der Waals surface area (Å²) in [5.41, 5.74) is 0.435. The molecule has 0 radical (unpaired) electrons. The second-order valence-electron chi connectivity index (χ2n) is 5.41. The monoisotopic (exact) mass is 296 g/mol. The van der Waals surface area contributed by atoms with Gasteiger partial charge in [-0.25, -0.2) is 8.42 Å². The normalized spacial score (nSPS) is 20.9. The fourth-order valence-corrected chi connectivity index (χ4v) is 3.13. The van der Waals surface area contributed by atoms with Crippen LogP contribution in [0.25, 0.3) is 0 Å². The Morgan fingerprint density at radius 2 is 2.00 bits per heavy atom. The molecule has 1 aliphatic rings. The molecule has 1 fully saturated rings. The standard InChI is InChI=1S/C14H20N2O3S/c1-11-10-15(2)7-8-16(11)14(17)12-5-4-6-13(9-12)20(3,18)19/h4-6,9,11H,7-8,10H2,1-3H3/t11-/m0/s1. The summed E-state index contributed by atoms with van der Waals surface area (Å²) in [6, 6.07) is 6.39. The molecule has 0 bridgehead atoms. The van der Waals surface area contributed by atoms with E-state index in [0.717, 1.165) is 19.3 Å². The molecule has 0 aromatic heterocycles. The summed E-state index contributed by atoms with van der Waals surface area (Å²) in [5, 5.41) is 0.